The predicted molar refractivity (Wildman–Crippen MR) is 133 cm³/mol. The fourth-order valence-corrected chi connectivity index (χ4v) is 3.69. The van der Waals surface area contributed by atoms with E-state index in [0.717, 1.165) is 36.1 Å². The number of halogens is 2. The largest absolute Gasteiger partial charge is 0.356 e. The molecule has 1 heterocycles. The van der Waals surface area contributed by atoms with E-state index >= 15 is 0 Å². The molecular formula is C22H27FIN5S. The zero-order valence-electron chi connectivity index (χ0n) is 16.9. The number of aliphatic imine (C=N–C) groups is 1. The fraction of sp³-hybridized carbons (Fsp3) is 0.273. The Morgan fingerprint density at radius 1 is 1.13 bits per heavy atom. The second kappa shape index (κ2) is 13.3. The first-order valence-corrected chi connectivity index (χ1v) is 10.6. The Kier molecular flexibility index (Phi) is 10.7. The Hall–Kier alpha value is -2.07. The molecule has 8 heteroatoms. The standard InChI is InChI=1S/C22H26FN5S.HI/c1-24-22(26-10-3-13-29-21-8-6-20(23)7-9-21)27-15-18-4-2-5-19(14-18)16-28-12-11-25-17-28;/h2,4-9,11-12,14,17H,3,10,13,15-16H2,1H3,(H2,24,26,27);1H. The summed E-state index contributed by atoms with van der Waals surface area (Å²) in [7, 11) is 1.78. The highest BCUT2D eigenvalue weighted by atomic mass is 127. The van der Waals surface area contributed by atoms with Crippen LogP contribution < -0.4 is 10.6 Å². The Morgan fingerprint density at radius 3 is 2.67 bits per heavy atom. The van der Waals surface area contributed by atoms with Crippen LogP contribution >= 0.6 is 35.7 Å². The second-order valence-electron chi connectivity index (χ2n) is 6.56. The van der Waals surface area contributed by atoms with E-state index in [1.807, 2.05) is 24.7 Å². The summed E-state index contributed by atoms with van der Waals surface area (Å²) in [6.45, 7) is 2.35. The molecule has 2 aromatic carbocycles. The van der Waals surface area contributed by atoms with E-state index < -0.39 is 0 Å². The number of rotatable bonds is 9. The first-order valence-electron chi connectivity index (χ1n) is 9.59. The average molecular weight is 539 g/mol. The normalized spacial score (nSPS) is 11.1. The van der Waals surface area contributed by atoms with Crippen molar-refractivity contribution >= 4 is 41.7 Å². The number of hydrogen-bond acceptors (Lipinski definition) is 3. The number of nitrogens with zero attached hydrogens (tertiary/aromatic N) is 3. The summed E-state index contributed by atoms with van der Waals surface area (Å²) in [5, 5.41) is 6.70. The fourth-order valence-electron chi connectivity index (χ4n) is 2.84. The van der Waals surface area contributed by atoms with Gasteiger partial charge in [-0.05, 0) is 47.6 Å². The molecule has 0 saturated heterocycles. The lowest BCUT2D eigenvalue weighted by molar-refractivity contribution is 0.626. The van der Waals surface area contributed by atoms with Crippen LogP contribution in [0.1, 0.15) is 17.5 Å². The molecule has 0 aliphatic rings. The van der Waals surface area contributed by atoms with Crippen molar-refractivity contribution in [1.29, 1.82) is 0 Å². The van der Waals surface area contributed by atoms with Crippen molar-refractivity contribution in [2.24, 2.45) is 4.99 Å². The second-order valence-corrected chi connectivity index (χ2v) is 7.73. The number of guanidine groups is 1. The zero-order chi connectivity index (χ0) is 20.3. The molecule has 0 unspecified atom stereocenters. The zero-order valence-corrected chi connectivity index (χ0v) is 20.1. The van der Waals surface area contributed by atoms with E-state index in [0.29, 0.717) is 6.54 Å². The highest BCUT2D eigenvalue weighted by molar-refractivity contribution is 14.0. The van der Waals surface area contributed by atoms with Gasteiger partial charge in [0.25, 0.3) is 0 Å². The highest BCUT2D eigenvalue weighted by Crippen LogP contribution is 2.18. The van der Waals surface area contributed by atoms with Crippen LogP contribution in [0.15, 0.2) is 77.1 Å². The number of thioether (sulfide) groups is 1. The van der Waals surface area contributed by atoms with Crippen molar-refractivity contribution in [2.45, 2.75) is 24.4 Å². The minimum absolute atomic E-state index is 0. The van der Waals surface area contributed by atoms with Crippen LogP contribution in [0.5, 0.6) is 0 Å². The number of benzene rings is 2. The van der Waals surface area contributed by atoms with Gasteiger partial charge in [0, 0.05) is 44.0 Å². The van der Waals surface area contributed by atoms with Crippen LogP contribution in [0.3, 0.4) is 0 Å². The van der Waals surface area contributed by atoms with Gasteiger partial charge in [-0.2, -0.15) is 0 Å². The lowest BCUT2D eigenvalue weighted by atomic mass is 10.1. The third-order valence-electron chi connectivity index (χ3n) is 4.30. The van der Waals surface area contributed by atoms with Gasteiger partial charge in [-0.3, -0.25) is 4.99 Å². The molecule has 160 valence electrons. The van der Waals surface area contributed by atoms with Gasteiger partial charge >= 0.3 is 0 Å². The van der Waals surface area contributed by atoms with Crippen LogP contribution in [0.4, 0.5) is 4.39 Å². The molecule has 0 saturated carbocycles. The van der Waals surface area contributed by atoms with E-state index in [-0.39, 0.29) is 29.8 Å². The van der Waals surface area contributed by atoms with Crippen molar-refractivity contribution in [1.82, 2.24) is 20.2 Å². The average Bonchev–Trinajstić information content (AvgIpc) is 3.25. The minimum atomic E-state index is -0.196. The highest BCUT2D eigenvalue weighted by Gasteiger charge is 2.01. The van der Waals surface area contributed by atoms with Crippen molar-refractivity contribution in [3.05, 3.63) is 84.2 Å². The van der Waals surface area contributed by atoms with Gasteiger partial charge in [0.1, 0.15) is 5.82 Å². The quantitative estimate of drug-likeness (QED) is 0.138. The molecule has 0 bridgehead atoms. The minimum Gasteiger partial charge on any atom is -0.356 e. The van der Waals surface area contributed by atoms with Gasteiger partial charge in [-0.15, -0.1) is 35.7 Å². The molecule has 0 fully saturated rings. The molecule has 5 nitrogen and oxygen atoms in total. The molecule has 0 aliphatic heterocycles. The van der Waals surface area contributed by atoms with E-state index in [1.165, 1.54) is 23.3 Å². The Bertz CT molecular complexity index is 900. The molecule has 1 aromatic heterocycles. The van der Waals surface area contributed by atoms with E-state index in [4.69, 9.17) is 0 Å². The summed E-state index contributed by atoms with van der Waals surface area (Å²) in [4.78, 5) is 9.46. The molecule has 3 rings (SSSR count). The number of hydrogen-bond donors (Lipinski definition) is 2. The smallest absolute Gasteiger partial charge is 0.191 e. The number of imidazole rings is 1. The summed E-state index contributed by atoms with van der Waals surface area (Å²) < 4.78 is 15.0. The molecule has 0 amide bonds. The van der Waals surface area contributed by atoms with Crippen molar-refractivity contribution < 1.29 is 4.39 Å². The molecule has 0 aliphatic carbocycles. The van der Waals surface area contributed by atoms with Crippen LogP contribution in [0, 0.1) is 5.82 Å². The van der Waals surface area contributed by atoms with Gasteiger partial charge in [0.15, 0.2) is 5.96 Å². The van der Waals surface area contributed by atoms with Crippen molar-refractivity contribution in [2.75, 3.05) is 19.3 Å². The predicted octanol–water partition coefficient (Wildman–Crippen LogP) is 4.54. The third kappa shape index (κ3) is 8.35. The van der Waals surface area contributed by atoms with Crippen molar-refractivity contribution in [3.8, 4) is 0 Å². The number of nitrogens with one attached hydrogen (secondary N) is 2. The Labute approximate surface area is 198 Å². The summed E-state index contributed by atoms with van der Waals surface area (Å²) in [5.74, 6) is 1.56. The van der Waals surface area contributed by atoms with Gasteiger partial charge in [-0.1, -0.05) is 24.3 Å². The van der Waals surface area contributed by atoms with E-state index in [9.17, 15) is 4.39 Å². The lowest BCUT2D eigenvalue weighted by Crippen LogP contribution is -2.37. The SMILES string of the molecule is CN=C(NCCCSc1ccc(F)cc1)NCc1cccc(Cn2ccnc2)c1.I. The van der Waals surface area contributed by atoms with Gasteiger partial charge < -0.3 is 15.2 Å². The van der Waals surface area contributed by atoms with Crippen LogP contribution in [0.2, 0.25) is 0 Å². The third-order valence-corrected chi connectivity index (χ3v) is 5.39. The maximum atomic E-state index is 12.9. The summed E-state index contributed by atoms with van der Waals surface area (Å²) in [6.07, 6.45) is 6.57. The Balaban J connectivity index is 0.00000320. The first-order chi connectivity index (χ1) is 14.2. The Morgan fingerprint density at radius 2 is 1.93 bits per heavy atom. The monoisotopic (exact) mass is 539 g/mol. The molecule has 0 atom stereocenters. The first kappa shape index (κ1) is 24.2. The van der Waals surface area contributed by atoms with Gasteiger partial charge in [0.05, 0.1) is 6.33 Å². The van der Waals surface area contributed by atoms with Gasteiger partial charge in [0.2, 0.25) is 0 Å². The summed E-state index contributed by atoms with van der Waals surface area (Å²) >= 11 is 1.73. The van der Waals surface area contributed by atoms with Gasteiger partial charge in [-0.25, -0.2) is 9.37 Å². The molecule has 0 spiro atoms. The lowest BCUT2D eigenvalue weighted by Gasteiger charge is -2.12. The topological polar surface area (TPSA) is 54.2 Å². The molecule has 2 N–H and O–H groups in total. The van der Waals surface area contributed by atoms with Crippen LogP contribution in [-0.2, 0) is 13.1 Å². The van der Waals surface area contributed by atoms with Crippen LogP contribution in [0.25, 0.3) is 0 Å². The summed E-state index contributed by atoms with van der Waals surface area (Å²) in [6, 6.07) is 15.1. The van der Waals surface area contributed by atoms with E-state index in [2.05, 4.69) is 49.4 Å². The number of aromatic nitrogens is 2. The molecular weight excluding hydrogens is 512 g/mol. The molecule has 0 radical (unpaired) electrons. The molecule has 30 heavy (non-hydrogen) atoms. The summed E-state index contributed by atoms with van der Waals surface area (Å²) in [5.41, 5.74) is 2.44. The maximum absolute atomic E-state index is 12.9. The maximum Gasteiger partial charge on any atom is 0.191 e. The molecule has 3 aromatic rings. The van der Waals surface area contributed by atoms with Crippen LogP contribution in [-0.4, -0.2) is 34.9 Å². The van der Waals surface area contributed by atoms with E-state index in [1.54, 1.807) is 25.0 Å². The van der Waals surface area contributed by atoms with Crippen molar-refractivity contribution in [3.63, 3.8) is 0 Å².